The predicted octanol–water partition coefficient (Wildman–Crippen LogP) is 0.520. The van der Waals surface area contributed by atoms with Crippen LogP contribution in [-0.4, -0.2) is 41.4 Å². The Labute approximate surface area is 194 Å². The fourth-order valence-electron chi connectivity index (χ4n) is 5.74. The van der Waals surface area contributed by atoms with Crippen molar-refractivity contribution in [1.29, 1.82) is 0 Å². The topological polar surface area (TPSA) is 140 Å². The minimum atomic E-state index is -1.46. The highest BCUT2D eigenvalue weighted by atomic mass is 16.7. The first-order valence-corrected chi connectivity index (χ1v) is 11.0. The molecule has 174 valence electrons. The van der Waals surface area contributed by atoms with Crippen LogP contribution in [0.4, 0.5) is 5.69 Å². The van der Waals surface area contributed by atoms with Crippen LogP contribution in [0.25, 0.3) is 0 Å². The van der Waals surface area contributed by atoms with Gasteiger partial charge in [0.05, 0.1) is 18.4 Å². The van der Waals surface area contributed by atoms with Crippen LogP contribution >= 0.6 is 0 Å². The van der Waals surface area contributed by atoms with E-state index < -0.39 is 47.0 Å². The van der Waals surface area contributed by atoms with Crippen LogP contribution in [0.2, 0.25) is 0 Å². The molecule has 2 saturated heterocycles. The van der Waals surface area contributed by atoms with Crippen LogP contribution in [0.15, 0.2) is 36.4 Å². The van der Waals surface area contributed by atoms with Crippen molar-refractivity contribution >= 4 is 29.3 Å². The van der Waals surface area contributed by atoms with Gasteiger partial charge in [-0.25, -0.2) is 0 Å². The van der Waals surface area contributed by atoms with Crippen molar-refractivity contribution in [3.63, 3.8) is 0 Å². The number of amides is 4. The first-order chi connectivity index (χ1) is 16.3. The number of carbonyl (C=O) groups excluding carboxylic acids is 4. The van der Waals surface area contributed by atoms with Crippen molar-refractivity contribution in [2.75, 3.05) is 12.1 Å². The quantitative estimate of drug-likeness (QED) is 0.563. The molecule has 1 spiro atoms. The Kier molecular flexibility index (Phi) is 4.28. The van der Waals surface area contributed by atoms with E-state index in [1.165, 1.54) is 4.90 Å². The van der Waals surface area contributed by atoms with E-state index in [0.717, 1.165) is 5.56 Å². The molecule has 0 bridgehead atoms. The smallest absolute Gasteiger partial charge is 0.250 e. The number of nitrogens with one attached hydrogen (secondary N) is 2. The minimum Gasteiger partial charge on any atom is -0.454 e. The van der Waals surface area contributed by atoms with Crippen molar-refractivity contribution in [3.05, 3.63) is 53.1 Å². The van der Waals surface area contributed by atoms with E-state index in [1.54, 1.807) is 24.3 Å². The van der Waals surface area contributed by atoms with Gasteiger partial charge >= 0.3 is 0 Å². The lowest BCUT2D eigenvalue weighted by Crippen LogP contribution is -2.53. The van der Waals surface area contributed by atoms with E-state index in [-0.39, 0.29) is 19.8 Å². The van der Waals surface area contributed by atoms with E-state index in [4.69, 9.17) is 15.2 Å². The first-order valence-electron chi connectivity index (χ1n) is 11.0. The molecule has 0 aromatic heterocycles. The summed E-state index contributed by atoms with van der Waals surface area (Å²) in [5.74, 6) is -2.69. The molecule has 4 aliphatic heterocycles. The fraction of sp³-hybridized carbons (Fsp3) is 0.333. The summed E-state index contributed by atoms with van der Waals surface area (Å²) in [4.78, 5) is 53.8. The van der Waals surface area contributed by atoms with Crippen LogP contribution in [0.3, 0.4) is 0 Å². The van der Waals surface area contributed by atoms with E-state index in [2.05, 4.69) is 10.6 Å². The second-order valence-electron chi connectivity index (χ2n) is 9.19. The second kappa shape index (κ2) is 7.04. The van der Waals surface area contributed by atoms with E-state index in [1.807, 2.05) is 19.1 Å². The lowest BCUT2D eigenvalue weighted by atomic mass is 9.76. The number of anilines is 1. The van der Waals surface area contributed by atoms with Gasteiger partial charge in [0.15, 0.2) is 11.5 Å². The van der Waals surface area contributed by atoms with Crippen molar-refractivity contribution in [1.82, 2.24) is 10.2 Å². The molecule has 4 heterocycles. The van der Waals surface area contributed by atoms with Gasteiger partial charge in [-0.3, -0.25) is 29.4 Å². The number of aryl methyl sites for hydroxylation is 1. The largest absolute Gasteiger partial charge is 0.454 e. The molecular formula is C24H22N4O6. The summed E-state index contributed by atoms with van der Waals surface area (Å²) in [6.07, 6.45) is -0.172. The lowest BCUT2D eigenvalue weighted by Gasteiger charge is -2.29. The molecule has 10 heteroatoms. The van der Waals surface area contributed by atoms with Crippen molar-refractivity contribution < 1.29 is 28.7 Å². The third kappa shape index (κ3) is 2.72. The normalized spacial score (nSPS) is 28.4. The van der Waals surface area contributed by atoms with E-state index in [0.29, 0.717) is 28.3 Å². The monoisotopic (exact) mass is 462 g/mol. The van der Waals surface area contributed by atoms with Gasteiger partial charge < -0.3 is 20.5 Å². The Morgan fingerprint density at radius 2 is 1.91 bits per heavy atom. The number of fused-ring (bicyclic) bond motifs is 5. The van der Waals surface area contributed by atoms with Gasteiger partial charge in [-0.05, 0) is 30.7 Å². The third-order valence-corrected chi connectivity index (χ3v) is 7.16. The summed E-state index contributed by atoms with van der Waals surface area (Å²) in [6.45, 7) is 2.02. The van der Waals surface area contributed by atoms with Crippen LogP contribution in [-0.2, 0) is 31.3 Å². The number of primary amides is 1. The Morgan fingerprint density at radius 1 is 1.12 bits per heavy atom. The molecule has 2 aromatic carbocycles. The average molecular weight is 462 g/mol. The molecule has 34 heavy (non-hydrogen) atoms. The summed E-state index contributed by atoms with van der Waals surface area (Å²) in [5.41, 5.74) is 6.79. The molecule has 0 radical (unpaired) electrons. The first kappa shape index (κ1) is 20.7. The maximum atomic E-state index is 13.8. The maximum Gasteiger partial charge on any atom is 0.250 e. The molecule has 6 rings (SSSR count). The number of carbonyl (C=O) groups is 4. The predicted molar refractivity (Wildman–Crippen MR) is 117 cm³/mol. The number of nitrogens with zero attached hydrogens (tertiary/aromatic N) is 1. The van der Waals surface area contributed by atoms with Gasteiger partial charge in [0.25, 0.3) is 0 Å². The van der Waals surface area contributed by atoms with Crippen molar-refractivity contribution in [2.45, 2.75) is 31.5 Å². The molecule has 4 N–H and O–H groups in total. The number of nitrogens with two attached hydrogens (primary N) is 1. The molecule has 0 unspecified atom stereocenters. The number of ether oxygens (including phenoxy) is 2. The molecule has 4 atom stereocenters. The summed E-state index contributed by atoms with van der Waals surface area (Å²) >= 11 is 0. The highest BCUT2D eigenvalue weighted by molar-refractivity contribution is 6.15. The van der Waals surface area contributed by atoms with Crippen molar-refractivity contribution in [2.24, 2.45) is 17.6 Å². The molecule has 0 aliphatic carbocycles. The molecule has 4 amide bonds. The molecule has 2 fully saturated rings. The van der Waals surface area contributed by atoms with Gasteiger partial charge in [-0.1, -0.05) is 23.8 Å². The van der Waals surface area contributed by atoms with Crippen LogP contribution in [0, 0.1) is 18.8 Å². The number of hydrogen-bond acceptors (Lipinski definition) is 7. The number of likely N-dealkylation sites (tertiary alicyclic amines) is 1. The average Bonchev–Trinajstić information content (AvgIpc) is 3.51. The summed E-state index contributed by atoms with van der Waals surface area (Å²) in [7, 11) is 0. The number of benzene rings is 2. The molecule has 0 saturated carbocycles. The van der Waals surface area contributed by atoms with Crippen molar-refractivity contribution in [3.8, 4) is 11.5 Å². The van der Waals surface area contributed by atoms with Crippen LogP contribution in [0.1, 0.15) is 23.1 Å². The Hall–Kier alpha value is -3.92. The Balaban J connectivity index is 1.42. The summed E-state index contributed by atoms with van der Waals surface area (Å²) in [6, 6.07) is 9.94. The zero-order valence-corrected chi connectivity index (χ0v) is 18.3. The number of hydrogen-bond donors (Lipinski definition) is 3. The third-order valence-electron chi connectivity index (χ3n) is 7.16. The number of imide groups is 1. The zero-order chi connectivity index (χ0) is 23.8. The Bertz CT molecular complexity index is 1290. The highest BCUT2D eigenvalue weighted by Crippen LogP contribution is 2.53. The number of rotatable bonds is 4. The SMILES string of the molecule is Cc1ccc2c(c1)[C@@]1(N[C@@H](CC(N)=O)[C@H]3C(=O)N(Cc4ccc5c(c4)OCO5)C(=O)[C@H]31)C(=O)N2. The van der Waals surface area contributed by atoms with Gasteiger partial charge in [-0.2, -0.15) is 0 Å². The maximum absolute atomic E-state index is 13.8. The standard InChI is InChI=1S/C24H22N4O6/c1-11-2-4-14-13(6-11)24(23(32)26-14)20-19(15(27-24)8-18(25)29)21(30)28(22(20)31)9-12-3-5-16-17(7-12)34-10-33-16/h2-7,15,19-20,27H,8-10H2,1H3,(H2,25,29)(H,26,32)/t15-,19+,20-,24-/m0/s1. The van der Waals surface area contributed by atoms with Gasteiger partial charge in [0, 0.05) is 23.7 Å². The van der Waals surface area contributed by atoms with E-state index in [9.17, 15) is 19.2 Å². The molecule has 4 aliphatic rings. The van der Waals surface area contributed by atoms with Gasteiger partial charge in [0.2, 0.25) is 30.4 Å². The summed E-state index contributed by atoms with van der Waals surface area (Å²) in [5, 5.41) is 6.04. The Morgan fingerprint density at radius 3 is 2.71 bits per heavy atom. The zero-order valence-electron chi connectivity index (χ0n) is 18.3. The summed E-state index contributed by atoms with van der Waals surface area (Å²) < 4.78 is 10.7. The highest BCUT2D eigenvalue weighted by Gasteiger charge is 2.70. The van der Waals surface area contributed by atoms with E-state index >= 15 is 0 Å². The van der Waals surface area contributed by atoms with Crippen LogP contribution in [0.5, 0.6) is 11.5 Å². The minimum absolute atomic E-state index is 0.0168. The molecule has 2 aromatic rings. The van der Waals surface area contributed by atoms with Gasteiger partial charge in [0.1, 0.15) is 5.54 Å². The second-order valence-corrected chi connectivity index (χ2v) is 9.19. The molecule has 10 nitrogen and oxygen atoms in total. The van der Waals surface area contributed by atoms with Gasteiger partial charge in [-0.15, -0.1) is 0 Å². The fourth-order valence-corrected chi connectivity index (χ4v) is 5.74. The molecular weight excluding hydrogens is 440 g/mol. The van der Waals surface area contributed by atoms with Crippen LogP contribution < -0.4 is 25.8 Å². The lowest BCUT2D eigenvalue weighted by molar-refractivity contribution is -0.143.